The van der Waals surface area contributed by atoms with Crippen LogP contribution in [-0.4, -0.2) is 12.6 Å². The number of halogens is 1. The quantitative estimate of drug-likeness (QED) is 0.779. The molecule has 1 aromatic rings. The largest absolute Gasteiger partial charge is 0.313 e. The van der Waals surface area contributed by atoms with Gasteiger partial charge in [-0.3, -0.25) is 0 Å². The second-order valence-electron chi connectivity index (χ2n) is 4.59. The predicted octanol–water partition coefficient (Wildman–Crippen LogP) is 3.39. The van der Waals surface area contributed by atoms with Crippen LogP contribution in [0.2, 0.25) is 0 Å². The van der Waals surface area contributed by atoms with Gasteiger partial charge in [-0.05, 0) is 43.0 Å². The van der Waals surface area contributed by atoms with E-state index in [0.29, 0.717) is 12.0 Å². The van der Waals surface area contributed by atoms with Crippen molar-refractivity contribution in [3.63, 3.8) is 0 Å². The Kier molecular flexibility index (Phi) is 5.47. The summed E-state index contributed by atoms with van der Waals surface area (Å²) in [4.78, 5) is 0. The maximum Gasteiger partial charge on any atom is 0.123 e. The number of nitrogens with one attached hydrogen (secondary N) is 1. The van der Waals surface area contributed by atoms with Crippen molar-refractivity contribution in [3.8, 4) is 0 Å². The Morgan fingerprint density at radius 3 is 2.31 bits per heavy atom. The third-order valence-corrected chi connectivity index (χ3v) is 2.98. The molecule has 0 saturated heterocycles. The highest BCUT2D eigenvalue weighted by molar-refractivity contribution is 5.16. The van der Waals surface area contributed by atoms with E-state index in [9.17, 15) is 4.39 Å². The van der Waals surface area contributed by atoms with Crippen LogP contribution in [0.15, 0.2) is 24.3 Å². The molecule has 1 atom stereocenters. The molecule has 1 N–H and O–H groups in total. The van der Waals surface area contributed by atoms with E-state index in [-0.39, 0.29) is 5.82 Å². The molecule has 1 nitrogen and oxygen atoms in total. The summed E-state index contributed by atoms with van der Waals surface area (Å²) in [6, 6.07) is 7.34. The van der Waals surface area contributed by atoms with Gasteiger partial charge >= 0.3 is 0 Å². The van der Waals surface area contributed by atoms with Crippen molar-refractivity contribution in [1.82, 2.24) is 5.32 Å². The van der Waals surface area contributed by atoms with Crippen LogP contribution in [0.5, 0.6) is 0 Å². The summed E-state index contributed by atoms with van der Waals surface area (Å²) < 4.78 is 12.7. The lowest BCUT2D eigenvalue weighted by molar-refractivity contribution is 0.391. The molecule has 1 aromatic carbocycles. The standard InChI is InChI=1S/C14H22FN/c1-4-14(11(2)3)16-10-9-12-5-7-13(15)8-6-12/h5-8,11,14,16H,4,9-10H2,1-3H3. The summed E-state index contributed by atoms with van der Waals surface area (Å²) in [6.45, 7) is 7.63. The fourth-order valence-electron chi connectivity index (χ4n) is 1.90. The van der Waals surface area contributed by atoms with E-state index in [1.807, 2.05) is 12.1 Å². The van der Waals surface area contributed by atoms with Gasteiger partial charge in [0, 0.05) is 6.04 Å². The Labute approximate surface area is 98.1 Å². The zero-order valence-corrected chi connectivity index (χ0v) is 10.5. The molecular formula is C14H22FN. The molecule has 2 heteroatoms. The Morgan fingerprint density at radius 1 is 1.19 bits per heavy atom. The fraction of sp³-hybridized carbons (Fsp3) is 0.571. The van der Waals surface area contributed by atoms with Gasteiger partial charge in [0.05, 0.1) is 0 Å². The average Bonchev–Trinajstić information content (AvgIpc) is 2.26. The minimum Gasteiger partial charge on any atom is -0.313 e. The third-order valence-electron chi connectivity index (χ3n) is 2.98. The minimum atomic E-state index is -0.162. The van der Waals surface area contributed by atoms with E-state index in [1.165, 1.54) is 17.7 Å². The smallest absolute Gasteiger partial charge is 0.123 e. The summed E-state index contributed by atoms with van der Waals surface area (Å²) in [5, 5.41) is 3.54. The maximum atomic E-state index is 12.7. The zero-order chi connectivity index (χ0) is 12.0. The first-order valence-electron chi connectivity index (χ1n) is 6.11. The monoisotopic (exact) mass is 223 g/mol. The molecule has 1 rings (SSSR count). The van der Waals surface area contributed by atoms with E-state index >= 15 is 0 Å². The van der Waals surface area contributed by atoms with Gasteiger partial charge in [0.1, 0.15) is 5.82 Å². The average molecular weight is 223 g/mol. The van der Waals surface area contributed by atoms with Crippen molar-refractivity contribution >= 4 is 0 Å². The van der Waals surface area contributed by atoms with Gasteiger partial charge in [0.2, 0.25) is 0 Å². The molecule has 0 aliphatic carbocycles. The van der Waals surface area contributed by atoms with E-state index < -0.39 is 0 Å². The maximum absolute atomic E-state index is 12.7. The fourth-order valence-corrected chi connectivity index (χ4v) is 1.90. The van der Waals surface area contributed by atoms with E-state index in [2.05, 4.69) is 26.1 Å². The predicted molar refractivity (Wildman–Crippen MR) is 67.0 cm³/mol. The van der Waals surface area contributed by atoms with Crippen molar-refractivity contribution in [2.24, 2.45) is 5.92 Å². The van der Waals surface area contributed by atoms with Gasteiger partial charge in [-0.2, -0.15) is 0 Å². The van der Waals surface area contributed by atoms with Crippen molar-refractivity contribution in [2.45, 2.75) is 39.7 Å². The lowest BCUT2D eigenvalue weighted by Crippen LogP contribution is -2.34. The van der Waals surface area contributed by atoms with Crippen LogP contribution in [0.3, 0.4) is 0 Å². The van der Waals surface area contributed by atoms with Crippen LogP contribution in [0, 0.1) is 11.7 Å². The zero-order valence-electron chi connectivity index (χ0n) is 10.5. The molecule has 0 amide bonds. The second kappa shape index (κ2) is 6.64. The molecule has 16 heavy (non-hydrogen) atoms. The molecule has 0 radical (unpaired) electrons. The lowest BCUT2D eigenvalue weighted by atomic mass is 10.0. The molecule has 0 aliphatic heterocycles. The molecule has 0 aromatic heterocycles. The van der Waals surface area contributed by atoms with Crippen LogP contribution in [-0.2, 0) is 6.42 Å². The third kappa shape index (κ3) is 4.31. The summed E-state index contributed by atoms with van der Waals surface area (Å²) in [5.41, 5.74) is 1.19. The molecule has 0 aliphatic rings. The van der Waals surface area contributed by atoms with E-state index in [1.54, 1.807) is 0 Å². The topological polar surface area (TPSA) is 12.0 Å². The van der Waals surface area contributed by atoms with Gasteiger partial charge in [0.15, 0.2) is 0 Å². The first-order chi connectivity index (χ1) is 7.63. The van der Waals surface area contributed by atoms with Crippen molar-refractivity contribution in [3.05, 3.63) is 35.6 Å². The second-order valence-corrected chi connectivity index (χ2v) is 4.59. The Hall–Kier alpha value is -0.890. The number of hydrogen-bond donors (Lipinski definition) is 1. The molecule has 0 bridgehead atoms. The summed E-state index contributed by atoms with van der Waals surface area (Å²) in [5.74, 6) is 0.503. The van der Waals surface area contributed by atoms with Crippen molar-refractivity contribution < 1.29 is 4.39 Å². The van der Waals surface area contributed by atoms with Gasteiger partial charge in [-0.15, -0.1) is 0 Å². The number of benzene rings is 1. The van der Waals surface area contributed by atoms with Crippen LogP contribution in [0.4, 0.5) is 4.39 Å². The van der Waals surface area contributed by atoms with Crippen LogP contribution < -0.4 is 5.32 Å². The van der Waals surface area contributed by atoms with Crippen LogP contribution in [0.1, 0.15) is 32.8 Å². The van der Waals surface area contributed by atoms with Crippen LogP contribution in [0.25, 0.3) is 0 Å². The summed E-state index contributed by atoms with van der Waals surface area (Å²) >= 11 is 0. The molecule has 1 unspecified atom stereocenters. The van der Waals surface area contributed by atoms with Gasteiger partial charge in [-0.25, -0.2) is 4.39 Å². The van der Waals surface area contributed by atoms with Gasteiger partial charge < -0.3 is 5.32 Å². The Balaban J connectivity index is 2.32. The lowest BCUT2D eigenvalue weighted by Gasteiger charge is -2.20. The highest BCUT2D eigenvalue weighted by atomic mass is 19.1. The first-order valence-corrected chi connectivity index (χ1v) is 6.11. The Bertz CT molecular complexity index is 292. The molecular weight excluding hydrogens is 201 g/mol. The summed E-state index contributed by atoms with van der Waals surface area (Å²) in [6.07, 6.45) is 2.12. The van der Waals surface area contributed by atoms with Crippen LogP contribution >= 0.6 is 0 Å². The van der Waals surface area contributed by atoms with Gasteiger partial charge in [-0.1, -0.05) is 32.9 Å². The van der Waals surface area contributed by atoms with Crippen molar-refractivity contribution in [2.75, 3.05) is 6.54 Å². The normalized spacial score (nSPS) is 13.1. The first kappa shape index (κ1) is 13.2. The molecule has 0 spiro atoms. The highest BCUT2D eigenvalue weighted by Crippen LogP contribution is 2.06. The molecule has 90 valence electrons. The number of hydrogen-bond acceptors (Lipinski definition) is 1. The van der Waals surface area contributed by atoms with E-state index in [4.69, 9.17) is 0 Å². The molecule has 0 saturated carbocycles. The number of rotatable bonds is 6. The SMILES string of the molecule is CCC(NCCc1ccc(F)cc1)C(C)C. The van der Waals surface area contributed by atoms with Crippen molar-refractivity contribution in [1.29, 1.82) is 0 Å². The van der Waals surface area contributed by atoms with Gasteiger partial charge in [0.25, 0.3) is 0 Å². The summed E-state index contributed by atoms with van der Waals surface area (Å²) in [7, 11) is 0. The highest BCUT2D eigenvalue weighted by Gasteiger charge is 2.09. The van der Waals surface area contributed by atoms with E-state index in [0.717, 1.165) is 19.4 Å². The minimum absolute atomic E-state index is 0.162. The Morgan fingerprint density at radius 2 is 1.81 bits per heavy atom. The molecule has 0 fully saturated rings. The molecule has 0 heterocycles.